The van der Waals surface area contributed by atoms with E-state index in [1.807, 2.05) is 31.2 Å². The standard InChI is InChI=1S/C27H26NO2P/c1-2-30-27(29)25-19-12-20-28-26(25)21-31(22-13-6-3-7-14-22,23-15-8-4-9-16-23)24-17-10-5-11-18-24/h3-20,31H,2,21H2,1H3. The Morgan fingerprint density at radius 3 is 1.68 bits per heavy atom. The molecular formula is C27H26NO2P. The molecule has 0 fully saturated rings. The van der Waals surface area contributed by atoms with Crippen molar-refractivity contribution in [2.45, 2.75) is 13.1 Å². The van der Waals surface area contributed by atoms with Gasteiger partial charge >= 0.3 is 184 Å². The van der Waals surface area contributed by atoms with Crippen LogP contribution in [0.2, 0.25) is 0 Å². The number of benzene rings is 3. The van der Waals surface area contributed by atoms with Crippen molar-refractivity contribution in [3.05, 3.63) is 121 Å². The first kappa shape index (κ1) is 21.0. The molecule has 0 radical (unpaired) electrons. The number of hydrogen-bond acceptors (Lipinski definition) is 3. The Labute approximate surface area is 184 Å². The van der Waals surface area contributed by atoms with Gasteiger partial charge in [0.2, 0.25) is 0 Å². The Hall–Kier alpha value is -3.29. The average molecular weight is 427 g/mol. The van der Waals surface area contributed by atoms with Crippen molar-refractivity contribution >= 4 is 29.1 Å². The summed E-state index contributed by atoms with van der Waals surface area (Å²) >= 11 is 0. The minimum atomic E-state index is -2.54. The van der Waals surface area contributed by atoms with E-state index < -0.39 is 7.26 Å². The van der Waals surface area contributed by atoms with E-state index in [-0.39, 0.29) is 5.97 Å². The van der Waals surface area contributed by atoms with Gasteiger partial charge in [0.1, 0.15) is 0 Å². The van der Waals surface area contributed by atoms with E-state index in [9.17, 15) is 4.79 Å². The molecule has 0 aliphatic rings. The SMILES string of the molecule is CCOC(=O)c1cccnc1C[PH](c1ccccc1)(c1ccccc1)c1ccccc1. The molecule has 1 aromatic heterocycles. The summed E-state index contributed by atoms with van der Waals surface area (Å²) in [6.45, 7) is 2.16. The van der Waals surface area contributed by atoms with Crippen LogP contribution < -0.4 is 15.9 Å². The van der Waals surface area contributed by atoms with Crippen LogP contribution in [0.5, 0.6) is 0 Å². The molecule has 156 valence electrons. The zero-order valence-electron chi connectivity index (χ0n) is 17.6. The van der Waals surface area contributed by atoms with Crippen LogP contribution in [0.1, 0.15) is 23.0 Å². The van der Waals surface area contributed by atoms with Crippen molar-refractivity contribution in [1.29, 1.82) is 0 Å². The second-order valence-corrected chi connectivity index (χ2v) is 11.3. The molecule has 0 spiro atoms. The van der Waals surface area contributed by atoms with E-state index in [2.05, 4.69) is 77.8 Å². The quantitative estimate of drug-likeness (QED) is 0.322. The summed E-state index contributed by atoms with van der Waals surface area (Å²) in [4.78, 5) is 17.4. The van der Waals surface area contributed by atoms with Gasteiger partial charge in [-0.2, -0.15) is 0 Å². The molecule has 3 aromatic carbocycles. The Morgan fingerprint density at radius 2 is 1.23 bits per heavy atom. The van der Waals surface area contributed by atoms with Gasteiger partial charge in [-0.15, -0.1) is 0 Å². The first-order valence-electron chi connectivity index (χ1n) is 10.5. The molecule has 0 unspecified atom stereocenters. The van der Waals surface area contributed by atoms with Crippen molar-refractivity contribution < 1.29 is 9.53 Å². The van der Waals surface area contributed by atoms with Crippen molar-refractivity contribution in [2.24, 2.45) is 0 Å². The van der Waals surface area contributed by atoms with E-state index in [0.717, 1.165) is 5.69 Å². The number of carbonyl (C=O) groups excluding carboxylic acids is 1. The van der Waals surface area contributed by atoms with Gasteiger partial charge < -0.3 is 0 Å². The van der Waals surface area contributed by atoms with Crippen LogP contribution in [0, 0.1) is 0 Å². The van der Waals surface area contributed by atoms with Gasteiger partial charge in [-0.3, -0.25) is 0 Å². The number of aromatic nitrogens is 1. The van der Waals surface area contributed by atoms with Gasteiger partial charge in [0.15, 0.2) is 0 Å². The summed E-state index contributed by atoms with van der Waals surface area (Å²) in [5.74, 6) is -0.317. The molecule has 0 aliphatic heterocycles. The second-order valence-electron chi connectivity index (χ2n) is 7.40. The molecule has 0 atom stereocenters. The number of carbonyl (C=O) groups is 1. The first-order valence-corrected chi connectivity index (χ1v) is 12.7. The maximum absolute atomic E-state index is 12.7. The first-order chi connectivity index (χ1) is 15.3. The average Bonchev–Trinajstić information content (AvgIpc) is 2.84. The minimum absolute atomic E-state index is 0.317. The van der Waals surface area contributed by atoms with Crippen LogP contribution in [0.15, 0.2) is 109 Å². The van der Waals surface area contributed by atoms with Crippen LogP contribution in [0.4, 0.5) is 0 Å². The van der Waals surface area contributed by atoms with Crippen LogP contribution >= 0.6 is 7.26 Å². The zero-order valence-corrected chi connectivity index (χ0v) is 18.6. The molecule has 4 heteroatoms. The van der Waals surface area contributed by atoms with Gasteiger partial charge in [0, 0.05) is 0 Å². The van der Waals surface area contributed by atoms with E-state index >= 15 is 0 Å². The Morgan fingerprint density at radius 1 is 0.742 bits per heavy atom. The number of hydrogen-bond donors (Lipinski definition) is 0. The van der Waals surface area contributed by atoms with E-state index in [1.54, 1.807) is 12.3 Å². The van der Waals surface area contributed by atoms with Crippen LogP contribution in [0.3, 0.4) is 0 Å². The number of ether oxygens (including phenoxy) is 1. The zero-order chi connectivity index (χ0) is 21.5. The summed E-state index contributed by atoms with van der Waals surface area (Å²) in [6, 6.07) is 35.5. The van der Waals surface area contributed by atoms with Gasteiger partial charge in [0.25, 0.3) is 0 Å². The van der Waals surface area contributed by atoms with Crippen LogP contribution in [-0.2, 0) is 10.9 Å². The number of esters is 1. The van der Waals surface area contributed by atoms with Crippen LogP contribution in [-0.4, -0.2) is 17.6 Å². The normalized spacial score (nSPS) is 11.6. The monoisotopic (exact) mass is 427 g/mol. The molecule has 3 nitrogen and oxygen atoms in total. The summed E-state index contributed by atoms with van der Waals surface area (Å²) in [6.07, 6.45) is 2.43. The fourth-order valence-electron chi connectivity index (χ4n) is 4.20. The van der Waals surface area contributed by atoms with E-state index in [4.69, 9.17) is 4.74 Å². The Kier molecular flexibility index (Phi) is 6.54. The fraction of sp³-hybridized carbons (Fsp3) is 0.111. The van der Waals surface area contributed by atoms with Crippen molar-refractivity contribution in [1.82, 2.24) is 4.98 Å². The molecule has 4 aromatic rings. The van der Waals surface area contributed by atoms with Crippen LogP contribution in [0.25, 0.3) is 0 Å². The van der Waals surface area contributed by atoms with E-state index in [0.29, 0.717) is 18.3 Å². The van der Waals surface area contributed by atoms with Crippen molar-refractivity contribution in [2.75, 3.05) is 6.61 Å². The molecule has 0 aliphatic carbocycles. The molecule has 31 heavy (non-hydrogen) atoms. The summed E-state index contributed by atoms with van der Waals surface area (Å²) in [5, 5.41) is 3.86. The molecule has 0 N–H and O–H groups in total. The van der Waals surface area contributed by atoms with Gasteiger partial charge in [-0.25, -0.2) is 0 Å². The predicted octanol–water partition coefficient (Wildman–Crippen LogP) is 4.48. The topological polar surface area (TPSA) is 39.2 Å². The second kappa shape index (κ2) is 9.68. The molecule has 0 bridgehead atoms. The molecule has 4 rings (SSSR count). The van der Waals surface area contributed by atoms with Crippen molar-refractivity contribution in [3.8, 4) is 0 Å². The Bertz CT molecular complexity index is 1030. The molecule has 0 saturated heterocycles. The Balaban J connectivity index is 1.98. The van der Waals surface area contributed by atoms with Gasteiger partial charge in [0.05, 0.1) is 0 Å². The van der Waals surface area contributed by atoms with Gasteiger partial charge in [-0.05, 0) is 0 Å². The third kappa shape index (κ3) is 4.28. The number of pyridine rings is 1. The predicted molar refractivity (Wildman–Crippen MR) is 130 cm³/mol. The fourth-order valence-corrected chi connectivity index (χ4v) is 8.88. The number of nitrogens with zero attached hydrogens (tertiary/aromatic N) is 1. The maximum atomic E-state index is 12.7. The third-order valence-corrected chi connectivity index (χ3v) is 10.4. The summed E-state index contributed by atoms with van der Waals surface area (Å²) < 4.78 is 5.34. The number of rotatable bonds is 7. The molecule has 1 heterocycles. The molecule has 0 saturated carbocycles. The summed E-state index contributed by atoms with van der Waals surface area (Å²) in [7, 11) is -2.54. The van der Waals surface area contributed by atoms with E-state index in [1.165, 1.54) is 15.9 Å². The van der Waals surface area contributed by atoms with Crippen molar-refractivity contribution in [3.63, 3.8) is 0 Å². The summed E-state index contributed by atoms with van der Waals surface area (Å²) in [5.41, 5.74) is 1.33. The van der Waals surface area contributed by atoms with Gasteiger partial charge in [-0.1, -0.05) is 0 Å². The molecule has 0 amide bonds. The molecular weight excluding hydrogens is 401 g/mol. The third-order valence-electron chi connectivity index (χ3n) is 5.62.